The van der Waals surface area contributed by atoms with Gasteiger partial charge in [-0.25, -0.2) is 9.78 Å². The molecule has 140 valence electrons. The van der Waals surface area contributed by atoms with Crippen LogP contribution in [0.4, 0.5) is 0 Å². The lowest BCUT2D eigenvalue weighted by Crippen LogP contribution is -2.33. The molecule has 0 atom stereocenters. The highest BCUT2D eigenvalue weighted by Gasteiger charge is 2.39. The molecular formula is C21H16N2O5. The first kappa shape index (κ1) is 17.7. The highest BCUT2D eigenvalue weighted by molar-refractivity contribution is 6.21. The third-order valence-electron chi connectivity index (χ3n) is 4.32. The van der Waals surface area contributed by atoms with Crippen molar-refractivity contribution in [2.24, 2.45) is 0 Å². The van der Waals surface area contributed by atoms with Gasteiger partial charge in [0, 0.05) is 11.5 Å². The van der Waals surface area contributed by atoms with Gasteiger partial charge in [-0.3, -0.25) is 9.59 Å². The van der Waals surface area contributed by atoms with E-state index < -0.39 is 17.8 Å². The smallest absolute Gasteiger partial charge is 0.385 e. The zero-order chi connectivity index (χ0) is 19.8. The van der Waals surface area contributed by atoms with Crippen LogP contribution in [0.1, 0.15) is 56.7 Å². The standard InChI is InChI=1S/C21H16N2O5/c1-12(2)17-16(22-18(27-17)13-8-4-3-5-9-13)21(26)28-23-19(24)14-10-6-7-11-15(14)20(23)25/h3-12H,1-2H3. The molecule has 0 fully saturated rings. The fourth-order valence-corrected chi connectivity index (χ4v) is 2.95. The number of carbonyl (C=O) groups excluding carboxylic acids is 3. The summed E-state index contributed by atoms with van der Waals surface area (Å²) in [5.41, 5.74) is 1.01. The van der Waals surface area contributed by atoms with Crippen molar-refractivity contribution in [3.63, 3.8) is 0 Å². The molecule has 1 aromatic heterocycles. The van der Waals surface area contributed by atoms with E-state index in [0.29, 0.717) is 16.4 Å². The molecule has 0 saturated carbocycles. The molecule has 2 aromatic carbocycles. The molecule has 1 aliphatic heterocycles. The molecule has 7 heteroatoms. The fraction of sp³-hybridized carbons (Fsp3) is 0.143. The second-order valence-corrected chi connectivity index (χ2v) is 6.58. The lowest BCUT2D eigenvalue weighted by Gasteiger charge is -2.12. The molecule has 0 spiro atoms. The van der Waals surface area contributed by atoms with Crippen LogP contribution in [0.3, 0.4) is 0 Å². The molecule has 0 unspecified atom stereocenters. The van der Waals surface area contributed by atoms with Gasteiger partial charge in [-0.05, 0) is 24.3 Å². The van der Waals surface area contributed by atoms with Crippen LogP contribution in [0.15, 0.2) is 59.0 Å². The second-order valence-electron chi connectivity index (χ2n) is 6.58. The molecule has 28 heavy (non-hydrogen) atoms. The van der Waals surface area contributed by atoms with Crippen LogP contribution in [0.25, 0.3) is 11.5 Å². The van der Waals surface area contributed by atoms with Crippen molar-refractivity contribution in [2.75, 3.05) is 0 Å². The van der Waals surface area contributed by atoms with Gasteiger partial charge in [-0.1, -0.05) is 49.2 Å². The minimum Gasteiger partial charge on any atom is -0.440 e. The number of carbonyl (C=O) groups is 3. The molecule has 4 rings (SSSR count). The van der Waals surface area contributed by atoms with E-state index in [0.717, 1.165) is 0 Å². The van der Waals surface area contributed by atoms with Gasteiger partial charge in [0.15, 0.2) is 5.69 Å². The Balaban J connectivity index is 1.65. The van der Waals surface area contributed by atoms with E-state index in [1.54, 1.807) is 24.3 Å². The molecule has 1 aliphatic rings. The van der Waals surface area contributed by atoms with E-state index in [1.165, 1.54) is 12.1 Å². The van der Waals surface area contributed by atoms with E-state index >= 15 is 0 Å². The molecule has 0 N–H and O–H groups in total. The summed E-state index contributed by atoms with van der Waals surface area (Å²) in [7, 11) is 0. The normalized spacial score (nSPS) is 13.2. The Hall–Kier alpha value is -3.74. The maximum absolute atomic E-state index is 12.7. The SMILES string of the molecule is CC(C)c1oc(-c2ccccc2)nc1C(=O)ON1C(=O)c2ccccc2C1=O. The Morgan fingerprint density at radius 3 is 2.11 bits per heavy atom. The minimum atomic E-state index is -0.927. The first-order valence-electron chi connectivity index (χ1n) is 8.73. The van der Waals surface area contributed by atoms with E-state index in [9.17, 15) is 14.4 Å². The summed E-state index contributed by atoms with van der Waals surface area (Å²) >= 11 is 0. The van der Waals surface area contributed by atoms with Crippen LogP contribution in [-0.4, -0.2) is 27.8 Å². The van der Waals surface area contributed by atoms with Crippen molar-refractivity contribution < 1.29 is 23.6 Å². The van der Waals surface area contributed by atoms with Crippen LogP contribution in [0.2, 0.25) is 0 Å². The maximum atomic E-state index is 12.7. The van der Waals surface area contributed by atoms with Gasteiger partial charge in [0.2, 0.25) is 5.89 Å². The van der Waals surface area contributed by atoms with Crippen molar-refractivity contribution >= 4 is 17.8 Å². The molecule has 0 saturated heterocycles. The average molecular weight is 376 g/mol. The number of rotatable bonds is 4. The van der Waals surface area contributed by atoms with Gasteiger partial charge in [0.05, 0.1) is 11.1 Å². The summed E-state index contributed by atoms with van der Waals surface area (Å²) in [6, 6.07) is 15.4. The van der Waals surface area contributed by atoms with Crippen molar-refractivity contribution in [3.05, 3.63) is 77.2 Å². The molecule has 2 amide bonds. The molecule has 0 radical (unpaired) electrons. The summed E-state index contributed by atoms with van der Waals surface area (Å²) in [6.45, 7) is 3.68. The van der Waals surface area contributed by atoms with Gasteiger partial charge >= 0.3 is 5.97 Å². The second kappa shape index (κ2) is 6.77. The zero-order valence-corrected chi connectivity index (χ0v) is 15.2. The summed E-state index contributed by atoms with van der Waals surface area (Å²) in [5, 5.41) is 0.466. The monoisotopic (exact) mass is 376 g/mol. The fourth-order valence-electron chi connectivity index (χ4n) is 2.95. The van der Waals surface area contributed by atoms with Crippen molar-refractivity contribution in [1.29, 1.82) is 0 Å². The number of imide groups is 1. The molecule has 3 aromatic rings. The number of hydrogen-bond donors (Lipinski definition) is 0. The van der Waals surface area contributed by atoms with Crippen LogP contribution < -0.4 is 0 Å². The molecule has 2 heterocycles. The summed E-state index contributed by atoms with van der Waals surface area (Å²) in [6.07, 6.45) is 0. The van der Waals surface area contributed by atoms with Gasteiger partial charge < -0.3 is 9.25 Å². The number of oxazole rings is 1. The Bertz CT molecular complexity index is 1050. The van der Waals surface area contributed by atoms with Gasteiger partial charge in [-0.2, -0.15) is 0 Å². The Kier molecular flexibility index (Phi) is 4.27. The Labute approximate surface area is 160 Å². The number of nitrogens with zero attached hydrogens (tertiary/aromatic N) is 2. The van der Waals surface area contributed by atoms with E-state index in [1.807, 2.05) is 32.0 Å². The summed E-state index contributed by atoms with van der Waals surface area (Å²) in [5.74, 6) is -1.88. The molecular weight excluding hydrogens is 360 g/mol. The lowest BCUT2D eigenvalue weighted by atomic mass is 10.1. The topological polar surface area (TPSA) is 89.7 Å². The van der Waals surface area contributed by atoms with Gasteiger partial charge in [0.25, 0.3) is 11.8 Å². The van der Waals surface area contributed by atoms with Crippen molar-refractivity contribution in [2.45, 2.75) is 19.8 Å². The quantitative estimate of drug-likeness (QED) is 0.643. The van der Waals surface area contributed by atoms with Crippen LogP contribution in [0.5, 0.6) is 0 Å². The third kappa shape index (κ3) is 2.87. The Morgan fingerprint density at radius 2 is 1.54 bits per heavy atom. The lowest BCUT2D eigenvalue weighted by molar-refractivity contribution is -0.0589. The van der Waals surface area contributed by atoms with Gasteiger partial charge in [-0.15, -0.1) is 0 Å². The van der Waals surface area contributed by atoms with Crippen molar-refractivity contribution in [1.82, 2.24) is 10.0 Å². The first-order valence-corrected chi connectivity index (χ1v) is 8.73. The predicted molar refractivity (Wildman–Crippen MR) is 98.4 cm³/mol. The number of benzene rings is 2. The van der Waals surface area contributed by atoms with Crippen molar-refractivity contribution in [3.8, 4) is 11.5 Å². The van der Waals surface area contributed by atoms with E-state index in [4.69, 9.17) is 9.25 Å². The first-order chi connectivity index (χ1) is 13.5. The predicted octanol–water partition coefficient (Wildman–Crippen LogP) is 3.83. The van der Waals surface area contributed by atoms with Gasteiger partial charge in [0.1, 0.15) is 5.76 Å². The number of amides is 2. The third-order valence-corrected chi connectivity index (χ3v) is 4.32. The summed E-state index contributed by atoms with van der Waals surface area (Å²) in [4.78, 5) is 46.9. The van der Waals surface area contributed by atoms with Crippen LogP contribution >= 0.6 is 0 Å². The number of hydrogen-bond acceptors (Lipinski definition) is 6. The van der Waals surface area contributed by atoms with Crippen LogP contribution in [-0.2, 0) is 4.84 Å². The van der Waals surface area contributed by atoms with Crippen LogP contribution in [0, 0.1) is 0 Å². The largest absolute Gasteiger partial charge is 0.440 e. The minimum absolute atomic E-state index is 0.0644. The zero-order valence-electron chi connectivity index (χ0n) is 15.2. The Morgan fingerprint density at radius 1 is 0.964 bits per heavy atom. The molecule has 7 nitrogen and oxygen atoms in total. The number of hydroxylamine groups is 2. The highest BCUT2D eigenvalue weighted by atomic mass is 16.7. The molecule has 0 bridgehead atoms. The highest BCUT2D eigenvalue weighted by Crippen LogP contribution is 2.29. The van der Waals surface area contributed by atoms with E-state index in [-0.39, 0.29) is 28.6 Å². The molecule has 0 aliphatic carbocycles. The number of aromatic nitrogens is 1. The van der Waals surface area contributed by atoms with E-state index in [2.05, 4.69) is 4.98 Å². The summed E-state index contributed by atoms with van der Waals surface area (Å²) < 4.78 is 5.76. The number of fused-ring (bicyclic) bond motifs is 1. The average Bonchev–Trinajstić information content (AvgIpc) is 3.26. The maximum Gasteiger partial charge on any atom is 0.385 e.